The van der Waals surface area contributed by atoms with Crippen LogP contribution in [0.1, 0.15) is 0 Å². The molecule has 0 unspecified atom stereocenters. The Kier molecular flexibility index (Phi) is 6.62. The number of ether oxygens (including phenoxy) is 3. The van der Waals surface area contributed by atoms with Crippen molar-refractivity contribution in [3.8, 4) is 11.6 Å². The van der Waals surface area contributed by atoms with E-state index in [1.165, 1.54) is 6.20 Å². The number of amides is 1. The topological polar surface area (TPSA) is 69.7 Å². The van der Waals surface area contributed by atoms with Gasteiger partial charge in [0.05, 0.1) is 23.0 Å². The average molecular weight is 431 g/mol. The highest BCUT2D eigenvalue weighted by atomic mass is 79.9. The van der Waals surface area contributed by atoms with Gasteiger partial charge in [0.25, 0.3) is 5.91 Å². The highest BCUT2D eigenvalue weighted by molar-refractivity contribution is 9.10. The van der Waals surface area contributed by atoms with Crippen LogP contribution in [0.4, 0.5) is 5.69 Å². The minimum atomic E-state index is -0.273. The van der Waals surface area contributed by atoms with Gasteiger partial charge in [-0.2, -0.15) is 0 Å². The lowest BCUT2D eigenvalue weighted by molar-refractivity contribution is -0.118. The number of benzene rings is 2. The zero-order valence-electron chi connectivity index (χ0n) is 14.8. The first-order valence-electron chi connectivity index (χ1n) is 8.35. The second kappa shape index (κ2) is 9.34. The van der Waals surface area contributed by atoms with Crippen LogP contribution in [0.2, 0.25) is 0 Å². The molecule has 0 radical (unpaired) electrons. The normalized spacial score (nSPS) is 10.6. The first-order valence-corrected chi connectivity index (χ1v) is 9.14. The van der Waals surface area contributed by atoms with Crippen LogP contribution in [0.15, 0.2) is 59.2 Å². The van der Waals surface area contributed by atoms with Crippen molar-refractivity contribution in [2.45, 2.75) is 0 Å². The van der Waals surface area contributed by atoms with Crippen molar-refractivity contribution in [1.29, 1.82) is 0 Å². The summed E-state index contributed by atoms with van der Waals surface area (Å²) in [4.78, 5) is 16.3. The maximum absolute atomic E-state index is 12.1. The van der Waals surface area contributed by atoms with Gasteiger partial charge in [0.1, 0.15) is 12.4 Å². The zero-order chi connectivity index (χ0) is 19.1. The van der Waals surface area contributed by atoms with Gasteiger partial charge in [-0.05, 0) is 38.8 Å². The molecule has 7 heteroatoms. The summed E-state index contributed by atoms with van der Waals surface area (Å²) in [7, 11) is 1.61. The number of nitrogens with one attached hydrogen (secondary N) is 1. The van der Waals surface area contributed by atoms with Crippen LogP contribution in [0.3, 0.4) is 0 Å². The van der Waals surface area contributed by atoms with Crippen LogP contribution >= 0.6 is 15.9 Å². The molecule has 27 heavy (non-hydrogen) atoms. The van der Waals surface area contributed by atoms with E-state index in [1.807, 2.05) is 36.4 Å². The summed E-state index contributed by atoms with van der Waals surface area (Å²) in [6.07, 6.45) is 1.53. The molecule has 3 rings (SSSR count). The summed E-state index contributed by atoms with van der Waals surface area (Å²) in [6.45, 7) is 0.800. The fraction of sp³-hybridized carbons (Fsp3) is 0.200. The van der Waals surface area contributed by atoms with Crippen LogP contribution in [0.25, 0.3) is 10.8 Å². The third-order valence-electron chi connectivity index (χ3n) is 3.74. The number of pyridine rings is 1. The zero-order valence-corrected chi connectivity index (χ0v) is 16.4. The molecule has 0 spiro atoms. The molecule has 1 N–H and O–H groups in total. The van der Waals surface area contributed by atoms with Gasteiger partial charge >= 0.3 is 0 Å². The molecule has 0 aliphatic rings. The highest BCUT2D eigenvalue weighted by Gasteiger charge is 2.09. The Balaban J connectivity index is 1.54. The number of rotatable bonds is 8. The van der Waals surface area contributed by atoms with E-state index in [9.17, 15) is 4.79 Å². The van der Waals surface area contributed by atoms with Crippen LogP contribution in [-0.4, -0.2) is 37.8 Å². The predicted molar refractivity (Wildman–Crippen MR) is 107 cm³/mol. The number of anilines is 1. The molecule has 0 aliphatic heterocycles. The second-order valence-corrected chi connectivity index (χ2v) is 6.46. The molecule has 1 heterocycles. The van der Waals surface area contributed by atoms with Crippen molar-refractivity contribution in [3.63, 3.8) is 0 Å². The van der Waals surface area contributed by atoms with Gasteiger partial charge in [0.2, 0.25) is 5.88 Å². The second-order valence-electron chi connectivity index (χ2n) is 5.66. The van der Waals surface area contributed by atoms with E-state index in [4.69, 9.17) is 14.2 Å². The molecule has 2 aromatic carbocycles. The lowest BCUT2D eigenvalue weighted by Crippen LogP contribution is -2.20. The monoisotopic (exact) mass is 430 g/mol. The Hall–Kier alpha value is -2.64. The van der Waals surface area contributed by atoms with E-state index in [0.29, 0.717) is 30.5 Å². The van der Waals surface area contributed by atoms with Gasteiger partial charge in [-0.25, -0.2) is 4.98 Å². The number of nitrogens with zero attached hydrogens (tertiary/aromatic N) is 1. The Morgan fingerprint density at radius 3 is 2.70 bits per heavy atom. The molecule has 0 aliphatic carbocycles. The fourth-order valence-corrected chi connectivity index (χ4v) is 3.04. The van der Waals surface area contributed by atoms with Crippen LogP contribution < -0.4 is 14.8 Å². The van der Waals surface area contributed by atoms with Crippen molar-refractivity contribution >= 4 is 38.3 Å². The van der Waals surface area contributed by atoms with Gasteiger partial charge in [-0.15, -0.1) is 0 Å². The Morgan fingerprint density at radius 2 is 1.93 bits per heavy atom. The number of halogens is 1. The molecule has 1 amide bonds. The van der Waals surface area contributed by atoms with Crippen LogP contribution in [0.5, 0.6) is 11.6 Å². The fourth-order valence-electron chi connectivity index (χ4n) is 2.43. The maximum atomic E-state index is 12.1. The van der Waals surface area contributed by atoms with Crippen molar-refractivity contribution in [2.24, 2.45) is 0 Å². The third-order valence-corrected chi connectivity index (χ3v) is 4.56. The number of fused-ring (bicyclic) bond motifs is 1. The lowest BCUT2D eigenvalue weighted by atomic mass is 10.1. The van der Waals surface area contributed by atoms with Crippen molar-refractivity contribution in [2.75, 3.05) is 32.2 Å². The number of hydrogen-bond acceptors (Lipinski definition) is 5. The van der Waals surface area contributed by atoms with E-state index in [0.717, 1.165) is 15.2 Å². The molecule has 0 atom stereocenters. The predicted octanol–water partition coefficient (Wildman–Crippen LogP) is 4.04. The number of carbonyl (C=O) groups is 1. The number of methoxy groups -OCH3 is 1. The Labute approximate surface area is 165 Å². The average Bonchev–Trinajstić information content (AvgIpc) is 2.69. The highest BCUT2D eigenvalue weighted by Crippen LogP contribution is 2.33. The van der Waals surface area contributed by atoms with Crippen molar-refractivity contribution in [1.82, 2.24) is 4.98 Å². The minimum Gasteiger partial charge on any atom is -0.483 e. The first-order chi connectivity index (χ1) is 13.2. The standard InChI is InChI=1S/C20H19BrN2O4/c1-25-10-11-26-19-9-7-15(12-22-19)23-18(24)13-27-17-8-6-14-4-2-3-5-16(14)20(17)21/h2-9,12H,10-11,13H2,1H3,(H,23,24). The van der Waals surface area contributed by atoms with Gasteiger partial charge in [0.15, 0.2) is 6.61 Å². The molecule has 0 fully saturated rings. The Morgan fingerprint density at radius 1 is 1.07 bits per heavy atom. The number of aromatic nitrogens is 1. The Bertz CT molecular complexity index is 916. The summed E-state index contributed by atoms with van der Waals surface area (Å²) in [6, 6.07) is 15.2. The largest absolute Gasteiger partial charge is 0.483 e. The molecule has 0 saturated heterocycles. The summed E-state index contributed by atoms with van der Waals surface area (Å²) in [5, 5.41) is 4.87. The van der Waals surface area contributed by atoms with E-state index >= 15 is 0 Å². The van der Waals surface area contributed by atoms with E-state index in [-0.39, 0.29) is 12.5 Å². The molecule has 0 bridgehead atoms. The van der Waals surface area contributed by atoms with E-state index < -0.39 is 0 Å². The SMILES string of the molecule is COCCOc1ccc(NC(=O)COc2ccc3ccccc3c2Br)cn1. The molecular weight excluding hydrogens is 412 g/mol. The molecule has 3 aromatic rings. The van der Waals surface area contributed by atoms with Gasteiger partial charge in [-0.1, -0.05) is 30.3 Å². The molecule has 6 nitrogen and oxygen atoms in total. The lowest BCUT2D eigenvalue weighted by Gasteiger charge is -2.11. The molecule has 1 aromatic heterocycles. The van der Waals surface area contributed by atoms with Gasteiger partial charge in [-0.3, -0.25) is 4.79 Å². The van der Waals surface area contributed by atoms with Crippen LogP contribution in [0, 0.1) is 0 Å². The quantitative estimate of drug-likeness (QED) is 0.546. The molecule has 140 valence electrons. The summed E-state index contributed by atoms with van der Waals surface area (Å²) in [5.41, 5.74) is 0.570. The summed E-state index contributed by atoms with van der Waals surface area (Å²) >= 11 is 3.54. The van der Waals surface area contributed by atoms with E-state index in [2.05, 4.69) is 26.2 Å². The molecule has 0 saturated carbocycles. The van der Waals surface area contributed by atoms with Crippen LogP contribution in [-0.2, 0) is 9.53 Å². The maximum Gasteiger partial charge on any atom is 0.262 e. The van der Waals surface area contributed by atoms with Crippen molar-refractivity contribution < 1.29 is 19.0 Å². The van der Waals surface area contributed by atoms with Gasteiger partial charge in [0, 0.05) is 13.2 Å². The third kappa shape index (κ3) is 5.18. The smallest absolute Gasteiger partial charge is 0.262 e. The minimum absolute atomic E-state index is 0.108. The first kappa shape index (κ1) is 19.1. The van der Waals surface area contributed by atoms with Crippen molar-refractivity contribution in [3.05, 3.63) is 59.2 Å². The summed E-state index contributed by atoms with van der Waals surface area (Å²) in [5.74, 6) is 0.815. The number of carbonyl (C=O) groups excluding carboxylic acids is 1. The van der Waals surface area contributed by atoms with Gasteiger partial charge < -0.3 is 19.5 Å². The molecular formula is C20H19BrN2O4. The number of hydrogen-bond donors (Lipinski definition) is 1. The summed E-state index contributed by atoms with van der Waals surface area (Å²) < 4.78 is 16.8. The van der Waals surface area contributed by atoms with E-state index in [1.54, 1.807) is 19.2 Å².